The molecule has 0 aromatic heterocycles. The number of benzene rings is 1. The second-order valence-electron chi connectivity index (χ2n) is 7.57. The van der Waals surface area contributed by atoms with Crippen molar-refractivity contribution < 1.29 is 22.7 Å². The molecule has 1 amide bonds. The number of sulfonamides is 1. The summed E-state index contributed by atoms with van der Waals surface area (Å²) in [5.41, 5.74) is 0.381. The minimum Gasteiger partial charge on any atom is -0.373 e. The van der Waals surface area contributed by atoms with E-state index in [1.54, 1.807) is 23.1 Å². The minimum absolute atomic E-state index is 0.0408. The molecule has 27 heavy (non-hydrogen) atoms. The highest BCUT2D eigenvalue weighted by Crippen LogP contribution is 2.23. The first-order valence-corrected chi connectivity index (χ1v) is 10.8. The molecule has 7 nitrogen and oxygen atoms in total. The molecule has 0 N–H and O–H groups in total. The van der Waals surface area contributed by atoms with E-state index in [9.17, 15) is 13.2 Å². The van der Waals surface area contributed by atoms with Crippen LogP contribution in [0.25, 0.3) is 0 Å². The quantitative estimate of drug-likeness (QED) is 0.778. The zero-order chi connectivity index (χ0) is 19.8. The lowest BCUT2D eigenvalue weighted by Gasteiger charge is -2.35. The van der Waals surface area contributed by atoms with Gasteiger partial charge in [0.2, 0.25) is 10.0 Å². The van der Waals surface area contributed by atoms with E-state index in [0.717, 1.165) is 0 Å². The van der Waals surface area contributed by atoms with Crippen molar-refractivity contribution in [3.8, 4) is 0 Å². The number of morpholine rings is 2. The molecule has 150 valence electrons. The van der Waals surface area contributed by atoms with Gasteiger partial charge in [-0.15, -0.1) is 0 Å². The van der Waals surface area contributed by atoms with Crippen molar-refractivity contribution in [3.05, 3.63) is 29.8 Å². The highest BCUT2D eigenvalue weighted by molar-refractivity contribution is 7.89. The Balaban J connectivity index is 1.83. The predicted molar refractivity (Wildman–Crippen MR) is 101 cm³/mol. The Morgan fingerprint density at radius 2 is 1.44 bits per heavy atom. The molecule has 4 atom stereocenters. The summed E-state index contributed by atoms with van der Waals surface area (Å²) < 4.78 is 38.9. The van der Waals surface area contributed by atoms with E-state index in [0.29, 0.717) is 31.7 Å². The average molecular weight is 397 g/mol. The molecular formula is C19H28N2O5S. The fraction of sp³-hybridized carbons (Fsp3) is 0.632. The van der Waals surface area contributed by atoms with E-state index in [4.69, 9.17) is 9.47 Å². The molecule has 3 rings (SSSR count). The van der Waals surface area contributed by atoms with Crippen molar-refractivity contribution in [1.29, 1.82) is 0 Å². The van der Waals surface area contributed by atoms with Gasteiger partial charge in [-0.3, -0.25) is 4.79 Å². The van der Waals surface area contributed by atoms with E-state index in [1.807, 2.05) is 27.7 Å². The van der Waals surface area contributed by atoms with Gasteiger partial charge < -0.3 is 14.4 Å². The third-order valence-electron chi connectivity index (χ3n) is 4.81. The maximum atomic E-state index is 13.1. The van der Waals surface area contributed by atoms with Crippen LogP contribution >= 0.6 is 0 Å². The lowest BCUT2D eigenvalue weighted by molar-refractivity contribution is -0.0586. The van der Waals surface area contributed by atoms with E-state index in [1.165, 1.54) is 10.4 Å². The third-order valence-corrected chi connectivity index (χ3v) is 6.64. The van der Waals surface area contributed by atoms with Gasteiger partial charge in [0.15, 0.2) is 0 Å². The summed E-state index contributed by atoms with van der Waals surface area (Å²) in [6.07, 6.45) is -0.406. The molecule has 2 fully saturated rings. The summed E-state index contributed by atoms with van der Waals surface area (Å²) >= 11 is 0. The predicted octanol–water partition coefficient (Wildman–Crippen LogP) is 1.73. The Morgan fingerprint density at radius 1 is 0.926 bits per heavy atom. The maximum absolute atomic E-state index is 13.1. The van der Waals surface area contributed by atoms with Crippen LogP contribution in [0.3, 0.4) is 0 Å². The molecule has 1 aromatic carbocycles. The van der Waals surface area contributed by atoms with E-state index >= 15 is 0 Å². The molecule has 2 heterocycles. The molecule has 2 saturated heterocycles. The fourth-order valence-electron chi connectivity index (χ4n) is 3.79. The van der Waals surface area contributed by atoms with Crippen molar-refractivity contribution in [2.45, 2.75) is 57.0 Å². The summed E-state index contributed by atoms with van der Waals surface area (Å²) in [5, 5.41) is 0. The van der Waals surface area contributed by atoms with Crippen LogP contribution in [0.4, 0.5) is 0 Å². The average Bonchev–Trinajstić information content (AvgIpc) is 2.59. The second kappa shape index (κ2) is 7.87. The van der Waals surface area contributed by atoms with Gasteiger partial charge in [0.1, 0.15) is 0 Å². The SMILES string of the molecule is C[C@@H]1CN(C(=O)c2cccc(S(=O)(=O)N3C[C@H](C)O[C@@H](C)C3)c2)C[C@@H](C)O1. The Bertz CT molecular complexity index is 777. The number of nitrogens with zero attached hydrogens (tertiary/aromatic N) is 2. The molecule has 0 bridgehead atoms. The molecule has 2 aliphatic heterocycles. The number of rotatable bonds is 3. The van der Waals surface area contributed by atoms with Gasteiger partial charge in [0.25, 0.3) is 5.91 Å². The van der Waals surface area contributed by atoms with Crippen LogP contribution < -0.4 is 0 Å². The first kappa shape index (κ1) is 20.3. The zero-order valence-corrected chi connectivity index (χ0v) is 17.1. The number of carbonyl (C=O) groups is 1. The normalized spacial score (nSPS) is 30.3. The molecular weight excluding hydrogens is 368 g/mol. The monoisotopic (exact) mass is 396 g/mol. The van der Waals surface area contributed by atoms with Crippen molar-refractivity contribution in [2.75, 3.05) is 26.2 Å². The van der Waals surface area contributed by atoms with Gasteiger partial charge in [0, 0.05) is 31.7 Å². The van der Waals surface area contributed by atoms with Gasteiger partial charge in [-0.25, -0.2) is 8.42 Å². The van der Waals surface area contributed by atoms with E-state index in [-0.39, 0.29) is 35.2 Å². The fourth-order valence-corrected chi connectivity index (χ4v) is 5.43. The largest absolute Gasteiger partial charge is 0.373 e. The minimum atomic E-state index is -3.68. The summed E-state index contributed by atoms with van der Waals surface area (Å²) in [5.74, 6) is -0.169. The topological polar surface area (TPSA) is 76.2 Å². The molecule has 0 aliphatic carbocycles. The van der Waals surface area contributed by atoms with Crippen molar-refractivity contribution in [2.24, 2.45) is 0 Å². The van der Waals surface area contributed by atoms with Gasteiger partial charge in [-0.2, -0.15) is 4.31 Å². The van der Waals surface area contributed by atoms with Crippen LogP contribution in [0, 0.1) is 0 Å². The van der Waals surface area contributed by atoms with Gasteiger partial charge >= 0.3 is 0 Å². The molecule has 0 radical (unpaired) electrons. The maximum Gasteiger partial charge on any atom is 0.254 e. The van der Waals surface area contributed by atoms with E-state index in [2.05, 4.69) is 0 Å². The molecule has 1 aromatic rings. The lowest BCUT2D eigenvalue weighted by Crippen LogP contribution is -2.48. The van der Waals surface area contributed by atoms with Crippen LogP contribution in [0.1, 0.15) is 38.1 Å². The Morgan fingerprint density at radius 3 is 2.00 bits per heavy atom. The zero-order valence-electron chi connectivity index (χ0n) is 16.3. The van der Waals surface area contributed by atoms with Gasteiger partial charge in [-0.1, -0.05) is 6.07 Å². The molecule has 8 heteroatoms. The summed E-state index contributed by atoms with van der Waals surface area (Å²) in [6.45, 7) is 9.19. The van der Waals surface area contributed by atoms with Crippen LogP contribution in [-0.4, -0.2) is 74.1 Å². The highest BCUT2D eigenvalue weighted by Gasteiger charge is 2.33. The number of carbonyl (C=O) groups excluding carboxylic acids is 1. The first-order valence-electron chi connectivity index (χ1n) is 9.37. The van der Waals surface area contributed by atoms with Crippen LogP contribution in [-0.2, 0) is 19.5 Å². The first-order chi connectivity index (χ1) is 12.7. The molecule has 0 unspecified atom stereocenters. The second-order valence-corrected chi connectivity index (χ2v) is 9.51. The smallest absolute Gasteiger partial charge is 0.254 e. The van der Waals surface area contributed by atoms with Crippen LogP contribution in [0.5, 0.6) is 0 Å². The number of hydrogen-bond acceptors (Lipinski definition) is 5. The van der Waals surface area contributed by atoms with Crippen LogP contribution in [0.15, 0.2) is 29.2 Å². The standard InChI is InChI=1S/C19H28N2O5S/c1-13-9-20(10-14(2)25-13)19(22)17-6-5-7-18(8-17)27(23,24)21-11-15(3)26-16(4)12-21/h5-8,13-16H,9-12H2,1-4H3/t13-,14-,15+,16+/m1/s1. The molecule has 0 spiro atoms. The van der Waals surface area contributed by atoms with E-state index < -0.39 is 10.0 Å². The van der Waals surface area contributed by atoms with Crippen molar-refractivity contribution in [3.63, 3.8) is 0 Å². The third kappa shape index (κ3) is 4.51. The van der Waals surface area contributed by atoms with Crippen molar-refractivity contribution >= 4 is 15.9 Å². The molecule has 2 aliphatic rings. The molecule has 0 saturated carbocycles. The number of amides is 1. The lowest BCUT2D eigenvalue weighted by atomic mass is 10.1. The van der Waals surface area contributed by atoms with Gasteiger partial charge in [-0.05, 0) is 45.9 Å². The van der Waals surface area contributed by atoms with Crippen molar-refractivity contribution in [1.82, 2.24) is 9.21 Å². The number of ether oxygens (including phenoxy) is 2. The van der Waals surface area contributed by atoms with Gasteiger partial charge in [0.05, 0.1) is 29.3 Å². The summed E-state index contributed by atoms with van der Waals surface area (Å²) in [7, 11) is -3.68. The Hall–Kier alpha value is -1.48. The number of hydrogen-bond donors (Lipinski definition) is 0. The Labute approximate surface area is 161 Å². The summed E-state index contributed by atoms with van der Waals surface area (Å²) in [4.78, 5) is 14.8. The summed E-state index contributed by atoms with van der Waals surface area (Å²) in [6, 6.07) is 6.31. The Kier molecular flexibility index (Phi) is 5.90. The highest BCUT2D eigenvalue weighted by atomic mass is 32.2. The van der Waals surface area contributed by atoms with Crippen LogP contribution in [0.2, 0.25) is 0 Å².